The molecule has 0 saturated carbocycles. The molecule has 15 heavy (non-hydrogen) atoms. The molecule has 0 aliphatic carbocycles. The van der Waals surface area contributed by atoms with Gasteiger partial charge in [0.2, 0.25) is 0 Å². The molecule has 2 nitrogen and oxygen atoms in total. The molecule has 0 aliphatic heterocycles. The lowest BCUT2D eigenvalue weighted by Gasteiger charge is -2.01. The van der Waals surface area contributed by atoms with E-state index in [-0.39, 0.29) is 11.5 Å². The average Bonchev–Trinajstić information content (AvgIpc) is 2.18. The van der Waals surface area contributed by atoms with Crippen LogP contribution in [0.2, 0.25) is 0 Å². The van der Waals surface area contributed by atoms with Gasteiger partial charge in [0.15, 0.2) is 5.78 Å². The summed E-state index contributed by atoms with van der Waals surface area (Å²) in [5.41, 5.74) is 1.90. The van der Waals surface area contributed by atoms with Crippen LogP contribution in [0.3, 0.4) is 0 Å². The van der Waals surface area contributed by atoms with Crippen molar-refractivity contribution >= 4 is 16.6 Å². The van der Waals surface area contributed by atoms with Gasteiger partial charge in [-0.1, -0.05) is 37.6 Å². The molecule has 0 aromatic heterocycles. The van der Waals surface area contributed by atoms with E-state index < -0.39 is 10.8 Å². The number of hydrogen-bond donors (Lipinski definition) is 0. The van der Waals surface area contributed by atoms with Crippen molar-refractivity contribution in [1.82, 2.24) is 0 Å². The van der Waals surface area contributed by atoms with Crippen molar-refractivity contribution in [1.29, 1.82) is 0 Å². The lowest BCUT2D eigenvalue weighted by atomic mass is 10.1. The number of benzene rings is 1. The van der Waals surface area contributed by atoms with Crippen molar-refractivity contribution in [3.05, 3.63) is 35.4 Å². The SMILES string of the molecule is CCCc1ccc(C(=O)CS(C)=O)cc1. The Morgan fingerprint density at radius 3 is 2.33 bits per heavy atom. The fourth-order valence-electron chi connectivity index (χ4n) is 1.41. The Kier molecular flexibility index (Phi) is 4.69. The van der Waals surface area contributed by atoms with E-state index in [1.54, 1.807) is 6.26 Å². The molecule has 0 N–H and O–H groups in total. The maximum atomic E-state index is 11.5. The summed E-state index contributed by atoms with van der Waals surface area (Å²) in [5.74, 6) is 0.0755. The average molecular weight is 224 g/mol. The minimum atomic E-state index is -1.05. The quantitative estimate of drug-likeness (QED) is 0.718. The van der Waals surface area contributed by atoms with Gasteiger partial charge >= 0.3 is 0 Å². The van der Waals surface area contributed by atoms with Gasteiger partial charge in [-0.05, 0) is 12.0 Å². The molecule has 0 radical (unpaired) electrons. The third-order valence-electron chi connectivity index (χ3n) is 2.15. The zero-order valence-electron chi connectivity index (χ0n) is 9.16. The Morgan fingerprint density at radius 1 is 1.27 bits per heavy atom. The summed E-state index contributed by atoms with van der Waals surface area (Å²) in [4.78, 5) is 11.5. The molecule has 1 aromatic carbocycles. The van der Waals surface area contributed by atoms with Gasteiger partial charge in [0.05, 0.1) is 5.75 Å². The molecule has 0 bridgehead atoms. The molecular formula is C12H16O2S. The van der Waals surface area contributed by atoms with Gasteiger partial charge in [-0.2, -0.15) is 0 Å². The largest absolute Gasteiger partial charge is 0.293 e. The molecular weight excluding hydrogens is 208 g/mol. The van der Waals surface area contributed by atoms with Gasteiger partial charge in [0.25, 0.3) is 0 Å². The molecule has 0 aliphatic rings. The van der Waals surface area contributed by atoms with Crippen LogP contribution in [0.5, 0.6) is 0 Å². The fourth-order valence-corrected chi connectivity index (χ4v) is 1.95. The molecule has 1 atom stereocenters. The molecule has 0 amide bonds. The van der Waals surface area contributed by atoms with E-state index in [0.29, 0.717) is 5.56 Å². The van der Waals surface area contributed by atoms with Crippen molar-refractivity contribution in [3.63, 3.8) is 0 Å². The first kappa shape index (κ1) is 12.1. The predicted molar refractivity (Wildman–Crippen MR) is 63.7 cm³/mol. The summed E-state index contributed by atoms with van der Waals surface area (Å²) >= 11 is 0. The third-order valence-corrected chi connectivity index (χ3v) is 2.82. The van der Waals surface area contributed by atoms with Gasteiger partial charge in [0.1, 0.15) is 0 Å². The highest BCUT2D eigenvalue weighted by molar-refractivity contribution is 7.85. The highest BCUT2D eigenvalue weighted by Gasteiger charge is 2.07. The fraction of sp³-hybridized carbons (Fsp3) is 0.417. The van der Waals surface area contributed by atoms with Crippen molar-refractivity contribution in [2.45, 2.75) is 19.8 Å². The second kappa shape index (κ2) is 5.81. The smallest absolute Gasteiger partial charge is 0.175 e. The van der Waals surface area contributed by atoms with Crippen molar-refractivity contribution in [2.75, 3.05) is 12.0 Å². The maximum Gasteiger partial charge on any atom is 0.175 e. The van der Waals surface area contributed by atoms with Crippen LogP contribution in [0.25, 0.3) is 0 Å². The zero-order valence-corrected chi connectivity index (χ0v) is 9.97. The lowest BCUT2D eigenvalue weighted by Crippen LogP contribution is -2.09. The number of hydrogen-bond acceptors (Lipinski definition) is 2. The Balaban J connectivity index is 2.71. The summed E-state index contributed by atoms with van der Waals surface area (Å²) in [6.07, 6.45) is 3.68. The summed E-state index contributed by atoms with van der Waals surface area (Å²) in [6.45, 7) is 2.12. The number of ketones is 1. The van der Waals surface area contributed by atoms with Crippen LogP contribution < -0.4 is 0 Å². The molecule has 1 aromatic rings. The Hall–Kier alpha value is -0.960. The molecule has 82 valence electrons. The second-order valence-corrected chi connectivity index (χ2v) is 5.02. The normalized spacial score (nSPS) is 12.4. The minimum absolute atomic E-state index is 0.0427. The van der Waals surface area contributed by atoms with E-state index in [1.165, 1.54) is 5.56 Å². The number of Topliss-reactive ketones (excluding diaryl/α,β-unsaturated/α-hetero) is 1. The topological polar surface area (TPSA) is 34.1 Å². The van der Waals surface area contributed by atoms with E-state index in [0.717, 1.165) is 12.8 Å². The monoisotopic (exact) mass is 224 g/mol. The van der Waals surface area contributed by atoms with Crippen LogP contribution in [0.15, 0.2) is 24.3 Å². The van der Waals surface area contributed by atoms with Crippen LogP contribution in [0.4, 0.5) is 0 Å². The van der Waals surface area contributed by atoms with E-state index in [9.17, 15) is 9.00 Å². The molecule has 0 heterocycles. The van der Waals surface area contributed by atoms with Crippen LogP contribution in [0, 0.1) is 0 Å². The zero-order chi connectivity index (χ0) is 11.3. The van der Waals surface area contributed by atoms with E-state index in [1.807, 2.05) is 24.3 Å². The molecule has 3 heteroatoms. The molecule has 0 spiro atoms. The van der Waals surface area contributed by atoms with Crippen LogP contribution in [-0.2, 0) is 17.2 Å². The maximum absolute atomic E-state index is 11.5. The predicted octanol–water partition coefficient (Wildman–Crippen LogP) is 2.20. The highest BCUT2D eigenvalue weighted by Crippen LogP contribution is 2.07. The summed E-state index contributed by atoms with van der Waals surface area (Å²) in [5, 5.41) is 0. The summed E-state index contributed by atoms with van der Waals surface area (Å²) in [7, 11) is -1.05. The summed E-state index contributed by atoms with van der Waals surface area (Å²) in [6, 6.07) is 7.57. The molecule has 1 unspecified atom stereocenters. The lowest BCUT2D eigenvalue weighted by molar-refractivity contribution is 0.102. The first-order valence-corrected chi connectivity index (χ1v) is 6.78. The first-order valence-electron chi connectivity index (χ1n) is 5.05. The van der Waals surface area contributed by atoms with Crippen molar-refractivity contribution in [3.8, 4) is 0 Å². The van der Waals surface area contributed by atoms with Crippen molar-refractivity contribution in [2.24, 2.45) is 0 Å². The Bertz CT molecular complexity index is 354. The third kappa shape index (κ3) is 3.96. The Morgan fingerprint density at radius 2 is 1.87 bits per heavy atom. The van der Waals surface area contributed by atoms with Crippen LogP contribution >= 0.6 is 0 Å². The van der Waals surface area contributed by atoms with E-state index >= 15 is 0 Å². The van der Waals surface area contributed by atoms with Gasteiger partial charge in [-0.3, -0.25) is 9.00 Å². The second-order valence-electron chi connectivity index (χ2n) is 3.59. The van der Waals surface area contributed by atoms with E-state index in [2.05, 4.69) is 6.92 Å². The number of aryl methyl sites for hydroxylation is 1. The van der Waals surface area contributed by atoms with Gasteiger partial charge in [-0.25, -0.2) is 0 Å². The van der Waals surface area contributed by atoms with Gasteiger partial charge < -0.3 is 0 Å². The van der Waals surface area contributed by atoms with Gasteiger partial charge in [0, 0.05) is 22.6 Å². The first-order chi connectivity index (χ1) is 7.13. The number of carbonyl (C=O) groups excluding carboxylic acids is 1. The summed E-state index contributed by atoms with van der Waals surface area (Å²) < 4.78 is 10.9. The van der Waals surface area contributed by atoms with E-state index in [4.69, 9.17) is 0 Å². The number of carbonyl (C=O) groups is 1. The van der Waals surface area contributed by atoms with Crippen LogP contribution in [0.1, 0.15) is 29.3 Å². The minimum Gasteiger partial charge on any atom is -0.293 e. The standard InChI is InChI=1S/C12H16O2S/c1-3-4-10-5-7-11(8-6-10)12(13)9-15(2)14/h5-8H,3-4,9H2,1-2H3. The molecule has 0 saturated heterocycles. The molecule has 0 fully saturated rings. The highest BCUT2D eigenvalue weighted by atomic mass is 32.2. The number of rotatable bonds is 5. The Labute approximate surface area is 93.2 Å². The molecule has 1 rings (SSSR count). The van der Waals surface area contributed by atoms with Crippen LogP contribution in [-0.4, -0.2) is 22.0 Å². The van der Waals surface area contributed by atoms with Crippen molar-refractivity contribution < 1.29 is 9.00 Å². The van der Waals surface area contributed by atoms with Gasteiger partial charge in [-0.15, -0.1) is 0 Å².